The summed E-state index contributed by atoms with van der Waals surface area (Å²) in [7, 11) is 0. The summed E-state index contributed by atoms with van der Waals surface area (Å²) >= 11 is 1.69. The van der Waals surface area contributed by atoms with E-state index in [1.54, 1.807) is 11.8 Å². The Hall–Kier alpha value is -0.760. The van der Waals surface area contributed by atoms with Crippen LogP contribution < -0.4 is 0 Å². The molecule has 1 aromatic carbocycles. The van der Waals surface area contributed by atoms with E-state index in [-0.39, 0.29) is 11.0 Å². The largest absolute Gasteiger partial charge is 0.293 e. The predicted octanol–water partition coefficient (Wildman–Crippen LogP) is 3.57. The highest BCUT2D eigenvalue weighted by Crippen LogP contribution is 2.16. The van der Waals surface area contributed by atoms with Gasteiger partial charge in [-0.15, -0.1) is 0 Å². The summed E-state index contributed by atoms with van der Waals surface area (Å²) < 4.78 is 0. The van der Waals surface area contributed by atoms with Crippen LogP contribution in [0.1, 0.15) is 36.7 Å². The molecule has 0 saturated heterocycles. The zero-order valence-corrected chi connectivity index (χ0v) is 10.4. The van der Waals surface area contributed by atoms with Crippen LogP contribution in [0.25, 0.3) is 0 Å². The summed E-state index contributed by atoms with van der Waals surface area (Å²) in [5, 5.41) is 0.0717. The van der Waals surface area contributed by atoms with Gasteiger partial charge in [-0.2, -0.15) is 11.8 Å². The van der Waals surface area contributed by atoms with Gasteiger partial charge in [0.25, 0.3) is 0 Å². The smallest absolute Gasteiger partial charge is 0.175 e. The van der Waals surface area contributed by atoms with E-state index < -0.39 is 0 Å². The number of hydrogen-bond donors (Lipinski definition) is 0. The Morgan fingerprint density at radius 3 is 2.33 bits per heavy atom. The molecule has 0 spiro atoms. The first-order valence-corrected chi connectivity index (χ1v) is 6.48. The van der Waals surface area contributed by atoms with E-state index >= 15 is 0 Å². The van der Waals surface area contributed by atoms with Gasteiger partial charge in [-0.3, -0.25) is 4.79 Å². The molecule has 82 valence electrons. The zero-order chi connectivity index (χ0) is 11.3. The minimum atomic E-state index is 0.0717. The molecule has 15 heavy (non-hydrogen) atoms. The maximum atomic E-state index is 11.9. The number of benzene rings is 1. The van der Waals surface area contributed by atoms with E-state index in [0.717, 1.165) is 17.7 Å². The SMILES string of the molecule is CCSC(C)C(=O)c1ccc(CC)cc1. The quantitative estimate of drug-likeness (QED) is 0.708. The fraction of sp³-hybridized carbons (Fsp3) is 0.462. The van der Waals surface area contributed by atoms with E-state index in [4.69, 9.17) is 0 Å². The Kier molecular flexibility index (Phi) is 4.89. The maximum absolute atomic E-state index is 11.9. The first-order chi connectivity index (χ1) is 7.19. The molecule has 1 unspecified atom stereocenters. The molecule has 0 bridgehead atoms. The molecular formula is C13H18OS. The van der Waals surface area contributed by atoms with Gasteiger partial charge < -0.3 is 0 Å². The number of carbonyl (C=O) groups excluding carboxylic acids is 1. The summed E-state index contributed by atoms with van der Waals surface area (Å²) in [4.78, 5) is 11.9. The number of rotatable bonds is 5. The average molecular weight is 222 g/mol. The van der Waals surface area contributed by atoms with Crippen molar-refractivity contribution in [3.8, 4) is 0 Å². The van der Waals surface area contributed by atoms with Crippen LogP contribution in [0.5, 0.6) is 0 Å². The second-order valence-corrected chi connectivity index (χ2v) is 5.13. The van der Waals surface area contributed by atoms with Crippen molar-refractivity contribution in [2.75, 3.05) is 5.75 Å². The van der Waals surface area contributed by atoms with Crippen molar-refractivity contribution in [1.29, 1.82) is 0 Å². The van der Waals surface area contributed by atoms with Crippen molar-refractivity contribution >= 4 is 17.5 Å². The predicted molar refractivity (Wildman–Crippen MR) is 67.7 cm³/mol. The number of thioether (sulfide) groups is 1. The molecule has 2 heteroatoms. The van der Waals surface area contributed by atoms with Crippen molar-refractivity contribution < 1.29 is 4.79 Å². The van der Waals surface area contributed by atoms with Crippen molar-refractivity contribution in [3.63, 3.8) is 0 Å². The fourth-order valence-electron chi connectivity index (χ4n) is 1.47. The number of Topliss-reactive ketones (excluding diaryl/α,β-unsaturated/α-hetero) is 1. The van der Waals surface area contributed by atoms with Gasteiger partial charge in [0.05, 0.1) is 5.25 Å². The second-order valence-electron chi connectivity index (χ2n) is 3.51. The van der Waals surface area contributed by atoms with Gasteiger partial charge in [-0.1, -0.05) is 38.1 Å². The lowest BCUT2D eigenvalue weighted by Gasteiger charge is -2.08. The molecule has 0 heterocycles. The molecule has 0 saturated carbocycles. The van der Waals surface area contributed by atoms with E-state index in [1.165, 1.54) is 5.56 Å². The van der Waals surface area contributed by atoms with E-state index in [9.17, 15) is 4.79 Å². The maximum Gasteiger partial charge on any atom is 0.175 e. The summed E-state index contributed by atoms with van der Waals surface area (Å²) in [5.41, 5.74) is 2.11. The Balaban J connectivity index is 2.73. The van der Waals surface area contributed by atoms with Crippen LogP contribution in [0.2, 0.25) is 0 Å². The van der Waals surface area contributed by atoms with Crippen LogP contribution in [0.4, 0.5) is 0 Å². The molecular weight excluding hydrogens is 204 g/mol. The van der Waals surface area contributed by atoms with Gasteiger partial charge in [0.2, 0.25) is 0 Å². The van der Waals surface area contributed by atoms with Gasteiger partial charge in [0.1, 0.15) is 0 Å². The standard InChI is InChI=1S/C13H18OS/c1-4-11-6-8-12(9-7-11)13(14)10(3)15-5-2/h6-10H,4-5H2,1-3H3. The Bertz CT molecular complexity index is 316. The van der Waals surface area contributed by atoms with E-state index in [0.29, 0.717) is 0 Å². The first kappa shape index (κ1) is 12.3. The minimum absolute atomic E-state index is 0.0717. The molecule has 0 fully saturated rings. The second kappa shape index (κ2) is 5.96. The molecule has 1 rings (SSSR count). The summed E-state index contributed by atoms with van der Waals surface area (Å²) in [6.07, 6.45) is 1.02. The number of carbonyl (C=O) groups is 1. The molecule has 0 radical (unpaired) electrons. The van der Waals surface area contributed by atoms with Gasteiger partial charge in [-0.25, -0.2) is 0 Å². The summed E-state index contributed by atoms with van der Waals surface area (Å²) in [6.45, 7) is 6.17. The normalized spacial score (nSPS) is 12.5. The van der Waals surface area contributed by atoms with E-state index in [2.05, 4.69) is 13.8 Å². The van der Waals surface area contributed by atoms with Gasteiger partial charge in [0, 0.05) is 5.56 Å². The van der Waals surface area contributed by atoms with Crippen LogP contribution in [-0.2, 0) is 6.42 Å². The highest BCUT2D eigenvalue weighted by atomic mass is 32.2. The highest BCUT2D eigenvalue weighted by molar-refractivity contribution is 8.00. The van der Waals surface area contributed by atoms with Crippen LogP contribution >= 0.6 is 11.8 Å². The fourth-order valence-corrected chi connectivity index (χ4v) is 2.25. The van der Waals surface area contributed by atoms with Gasteiger partial charge in [-0.05, 0) is 24.7 Å². The van der Waals surface area contributed by atoms with Crippen LogP contribution in [0, 0.1) is 0 Å². The minimum Gasteiger partial charge on any atom is -0.293 e. The Morgan fingerprint density at radius 2 is 1.87 bits per heavy atom. The van der Waals surface area contributed by atoms with Crippen LogP contribution in [0.15, 0.2) is 24.3 Å². The molecule has 0 aromatic heterocycles. The Morgan fingerprint density at radius 1 is 1.27 bits per heavy atom. The molecule has 0 aliphatic rings. The third-order valence-electron chi connectivity index (χ3n) is 2.43. The van der Waals surface area contributed by atoms with Crippen molar-refractivity contribution in [2.45, 2.75) is 32.4 Å². The topological polar surface area (TPSA) is 17.1 Å². The lowest BCUT2D eigenvalue weighted by Crippen LogP contribution is -2.13. The third-order valence-corrected chi connectivity index (χ3v) is 3.48. The Labute approximate surface area is 96.3 Å². The lowest BCUT2D eigenvalue weighted by molar-refractivity contribution is 0.0994. The van der Waals surface area contributed by atoms with Gasteiger partial charge in [0.15, 0.2) is 5.78 Å². The molecule has 0 aliphatic heterocycles. The monoisotopic (exact) mass is 222 g/mol. The number of aryl methyl sites for hydroxylation is 1. The molecule has 1 atom stereocenters. The zero-order valence-electron chi connectivity index (χ0n) is 9.62. The molecule has 0 amide bonds. The third kappa shape index (κ3) is 3.38. The van der Waals surface area contributed by atoms with Crippen LogP contribution in [-0.4, -0.2) is 16.8 Å². The number of ketones is 1. The van der Waals surface area contributed by atoms with Crippen LogP contribution in [0.3, 0.4) is 0 Å². The average Bonchev–Trinajstić information content (AvgIpc) is 2.28. The molecule has 1 nitrogen and oxygen atoms in total. The molecule has 0 N–H and O–H groups in total. The van der Waals surface area contributed by atoms with Crippen molar-refractivity contribution in [2.24, 2.45) is 0 Å². The van der Waals surface area contributed by atoms with Crippen molar-refractivity contribution in [3.05, 3.63) is 35.4 Å². The van der Waals surface area contributed by atoms with Gasteiger partial charge >= 0.3 is 0 Å². The summed E-state index contributed by atoms with van der Waals surface area (Å²) in [6, 6.07) is 7.95. The molecule has 1 aromatic rings. The van der Waals surface area contributed by atoms with E-state index in [1.807, 2.05) is 31.2 Å². The number of hydrogen-bond acceptors (Lipinski definition) is 2. The van der Waals surface area contributed by atoms with Crippen molar-refractivity contribution in [1.82, 2.24) is 0 Å². The molecule has 0 aliphatic carbocycles. The highest BCUT2D eigenvalue weighted by Gasteiger charge is 2.14. The summed E-state index contributed by atoms with van der Waals surface area (Å²) in [5.74, 6) is 1.23. The lowest BCUT2D eigenvalue weighted by atomic mass is 10.1. The first-order valence-electron chi connectivity index (χ1n) is 5.43.